The number of ether oxygens (including phenoxy) is 2. The molecule has 3 fully saturated rings. The summed E-state index contributed by atoms with van der Waals surface area (Å²) >= 11 is 0. The molecule has 4 rings (SSSR count). The molecule has 3 aliphatic carbocycles. The Balaban J connectivity index is 0.000000545. The van der Waals surface area contributed by atoms with Crippen molar-refractivity contribution in [2.45, 2.75) is 45.1 Å². The second-order valence-electron chi connectivity index (χ2n) is 5.99. The Bertz CT molecular complexity index is 490. The fourth-order valence-electron chi connectivity index (χ4n) is 3.44. The number of benzene rings is 1. The van der Waals surface area contributed by atoms with E-state index < -0.39 is 0 Å². The van der Waals surface area contributed by atoms with Gasteiger partial charge in [0, 0.05) is 6.92 Å². The molecule has 0 amide bonds. The first-order valence-corrected chi connectivity index (χ1v) is 8.12. The van der Waals surface area contributed by atoms with E-state index in [0.717, 1.165) is 23.3 Å². The fourth-order valence-corrected chi connectivity index (χ4v) is 3.44. The van der Waals surface area contributed by atoms with E-state index >= 15 is 0 Å². The van der Waals surface area contributed by atoms with Gasteiger partial charge in [-0.15, -0.1) is 0 Å². The van der Waals surface area contributed by atoms with E-state index in [4.69, 9.17) is 14.7 Å². The quantitative estimate of drug-likeness (QED) is 0.842. The van der Waals surface area contributed by atoms with E-state index in [1.807, 2.05) is 31.3 Å². The van der Waals surface area contributed by atoms with Gasteiger partial charge in [-0.1, -0.05) is 12.1 Å². The van der Waals surface area contributed by atoms with Crippen molar-refractivity contribution in [3.63, 3.8) is 0 Å². The summed E-state index contributed by atoms with van der Waals surface area (Å²) in [4.78, 5) is 0. The van der Waals surface area contributed by atoms with E-state index in [-0.39, 0.29) is 0 Å². The van der Waals surface area contributed by atoms with Crippen molar-refractivity contribution < 1.29 is 9.47 Å². The Hall–Kier alpha value is -1.73. The van der Waals surface area contributed by atoms with E-state index in [1.165, 1.54) is 39.0 Å². The first-order chi connectivity index (χ1) is 10.8. The van der Waals surface area contributed by atoms with Gasteiger partial charge in [0.05, 0.1) is 6.07 Å². The number of nitrogens with one attached hydrogen (secondary N) is 1. The highest BCUT2D eigenvalue weighted by Crippen LogP contribution is 2.43. The molecule has 0 saturated heterocycles. The zero-order valence-corrected chi connectivity index (χ0v) is 13.5. The molecular weight excluding hydrogens is 276 g/mol. The third-order valence-electron chi connectivity index (χ3n) is 4.48. The summed E-state index contributed by atoms with van der Waals surface area (Å²) in [6, 6.07) is 9.76. The van der Waals surface area contributed by atoms with Gasteiger partial charge in [0.25, 0.3) is 0 Å². The predicted molar refractivity (Wildman–Crippen MR) is 86.8 cm³/mol. The lowest BCUT2D eigenvalue weighted by molar-refractivity contribution is 0.0181. The van der Waals surface area contributed by atoms with Crippen LogP contribution < -0.4 is 14.8 Å². The molecule has 1 N–H and O–H groups in total. The van der Waals surface area contributed by atoms with Crippen molar-refractivity contribution in [2.24, 2.45) is 11.8 Å². The van der Waals surface area contributed by atoms with Gasteiger partial charge in [-0.3, -0.25) is 5.32 Å². The molecule has 0 heterocycles. The highest BCUT2D eigenvalue weighted by atomic mass is 16.5. The number of rotatable bonds is 5. The van der Waals surface area contributed by atoms with Crippen LogP contribution in [0.25, 0.3) is 0 Å². The number of nitriles is 1. The summed E-state index contributed by atoms with van der Waals surface area (Å²) < 4.78 is 11.9. The minimum absolute atomic E-state index is 0.395. The molecule has 1 aromatic rings. The zero-order valence-electron chi connectivity index (χ0n) is 13.5. The van der Waals surface area contributed by atoms with E-state index in [2.05, 4.69) is 5.32 Å². The number of hydrogen-bond donors (Lipinski definition) is 1. The lowest BCUT2D eigenvalue weighted by atomic mass is 9.69. The van der Waals surface area contributed by atoms with Crippen LogP contribution in [0.2, 0.25) is 0 Å². The maximum atomic E-state index is 7.32. The van der Waals surface area contributed by atoms with Crippen LogP contribution in [0, 0.1) is 23.2 Å². The van der Waals surface area contributed by atoms with E-state index in [1.54, 1.807) is 6.07 Å². The molecule has 0 radical (unpaired) electrons. The van der Waals surface area contributed by atoms with Crippen LogP contribution in [0.1, 0.15) is 39.0 Å². The number of hydrogen-bond acceptors (Lipinski definition) is 4. The second kappa shape index (κ2) is 8.65. The molecule has 4 heteroatoms. The molecule has 1 atom stereocenters. The largest absolute Gasteiger partial charge is 0.486 e. The molecule has 1 aromatic carbocycles. The first-order valence-electron chi connectivity index (χ1n) is 8.12. The van der Waals surface area contributed by atoms with Crippen LogP contribution in [-0.2, 0) is 0 Å². The standard InChI is InChI=1S/C16H23NO2.C2H3N/c1-17-11-18-14-4-2-3-5-15(14)19-16-10-12-6-8-13(16)9-7-12;1-2-3/h2-5,12-13,16-17H,6-11H2,1H3;1H3. The summed E-state index contributed by atoms with van der Waals surface area (Å²) in [6.07, 6.45) is 7.12. The number of para-hydroxylation sites is 2. The van der Waals surface area contributed by atoms with Gasteiger partial charge in [-0.2, -0.15) is 5.26 Å². The zero-order chi connectivity index (χ0) is 15.8. The Labute approximate surface area is 133 Å². The second-order valence-corrected chi connectivity index (χ2v) is 5.99. The molecule has 22 heavy (non-hydrogen) atoms. The minimum atomic E-state index is 0.395. The summed E-state index contributed by atoms with van der Waals surface area (Å²) in [5.74, 6) is 3.39. The third kappa shape index (κ3) is 4.38. The highest BCUT2D eigenvalue weighted by molar-refractivity contribution is 5.39. The molecule has 120 valence electrons. The lowest BCUT2D eigenvalue weighted by Gasteiger charge is -2.42. The van der Waals surface area contributed by atoms with Gasteiger partial charge in [-0.25, -0.2) is 0 Å². The predicted octanol–water partition coefficient (Wildman–Crippen LogP) is 3.73. The summed E-state index contributed by atoms with van der Waals surface area (Å²) in [7, 11) is 1.88. The lowest BCUT2D eigenvalue weighted by Crippen LogP contribution is -2.39. The van der Waals surface area contributed by atoms with Crippen molar-refractivity contribution in [2.75, 3.05) is 13.8 Å². The topological polar surface area (TPSA) is 54.3 Å². The van der Waals surface area contributed by atoms with Crippen molar-refractivity contribution in [3.05, 3.63) is 24.3 Å². The van der Waals surface area contributed by atoms with Crippen LogP contribution in [0.3, 0.4) is 0 Å². The SMILES string of the molecule is CC#N.CNCOc1ccccc1OC1CC2CCC1CC2. The summed E-state index contributed by atoms with van der Waals surface area (Å²) in [6.45, 7) is 1.94. The molecule has 0 aliphatic heterocycles. The van der Waals surface area contributed by atoms with Crippen LogP contribution in [0.15, 0.2) is 24.3 Å². The molecule has 0 spiro atoms. The maximum Gasteiger partial charge on any atom is 0.163 e. The van der Waals surface area contributed by atoms with Crippen molar-refractivity contribution >= 4 is 0 Å². The van der Waals surface area contributed by atoms with Crippen LogP contribution in [-0.4, -0.2) is 19.9 Å². The minimum Gasteiger partial charge on any atom is -0.486 e. The van der Waals surface area contributed by atoms with E-state index in [0.29, 0.717) is 12.8 Å². The normalized spacial score (nSPS) is 25.6. The Morgan fingerprint density at radius 1 is 1.18 bits per heavy atom. The van der Waals surface area contributed by atoms with Crippen LogP contribution >= 0.6 is 0 Å². The third-order valence-corrected chi connectivity index (χ3v) is 4.48. The van der Waals surface area contributed by atoms with Gasteiger partial charge in [0.1, 0.15) is 12.8 Å². The molecule has 0 aromatic heterocycles. The molecule has 1 unspecified atom stereocenters. The van der Waals surface area contributed by atoms with Gasteiger partial charge >= 0.3 is 0 Å². The van der Waals surface area contributed by atoms with Gasteiger partial charge in [0.15, 0.2) is 11.5 Å². The molecule has 4 nitrogen and oxygen atoms in total. The monoisotopic (exact) mass is 302 g/mol. The van der Waals surface area contributed by atoms with E-state index in [9.17, 15) is 0 Å². The highest BCUT2D eigenvalue weighted by Gasteiger charge is 2.37. The molecule has 3 aliphatic rings. The number of fused-ring (bicyclic) bond motifs is 3. The van der Waals surface area contributed by atoms with Gasteiger partial charge in [0.2, 0.25) is 0 Å². The van der Waals surface area contributed by atoms with Gasteiger partial charge < -0.3 is 9.47 Å². The first kappa shape index (κ1) is 16.6. The average molecular weight is 302 g/mol. The fraction of sp³-hybridized carbons (Fsp3) is 0.611. The Kier molecular flexibility index (Phi) is 6.54. The smallest absolute Gasteiger partial charge is 0.163 e. The number of nitrogens with zero attached hydrogens (tertiary/aromatic N) is 1. The summed E-state index contributed by atoms with van der Waals surface area (Å²) in [5, 5.41) is 10.3. The Morgan fingerprint density at radius 2 is 1.82 bits per heavy atom. The van der Waals surface area contributed by atoms with Crippen molar-refractivity contribution in [3.8, 4) is 17.6 Å². The van der Waals surface area contributed by atoms with Crippen molar-refractivity contribution in [1.82, 2.24) is 5.32 Å². The van der Waals surface area contributed by atoms with Gasteiger partial charge in [-0.05, 0) is 63.1 Å². The molecule has 3 saturated carbocycles. The van der Waals surface area contributed by atoms with Crippen LogP contribution in [0.4, 0.5) is 0 Å². The summed E-state index contributed by atoms with van der Waals surface area (Å²) in [5.41, 5.74) is 0. The average Bonchev–Trinajstić information content (AvgIpc) is 2.56. The molecular formula is C18H26N2O2. The Morgan fingerprint density at radius 3 is 2.36 bits per heavy atom. The molecule has 2 bridgehead atoms. The maximum absolute atomic E-state index is 7.32. The van der Waals surface area contributed by atoms with Crippen molar-refractivity contribution in [1.29, 1.82) is 5.26 Å². The van der Waals surface area contributed by atoms with Crippen LogP contribution in [0.5, 0.6) is 11.5 Å².